The van der Waals surface area contributed by atoms with Crippen LogP contribution in [0, 0.1) is 0 Å². The maximum atomic E-state index is 12.1. The lowest BCUT2D eigenvalue weighted by Crippen LogP contribution is -2.24. The van der Waals surface area contributed by atoms with Gasteiger partial charge in [0, 0.05) is 31.2 Å². The van der Waals surface area contributed by atoms with Gasteiger partial charge < -0.3 is 5.32 Å². The van der Waals surface area contributed by atoms with E-state index in [1.165, 1.54) is 38.4 Å². The van der Waals surface area contributed by atoms with Crippen LogP contribution in [0.15, 0.2) is 53.4 Å². The lowest BCUT2D eigenvalue weighted by molar-refractivity contribution is 0.0951. The van der Waals surface area contributed by atoms with Gasteiger partial charge in [-0.15, -0.1) is 0 Å². The van der Waals surface area contributed by atoms with Gasteiger partial charge in [0.1, 0.15) is 0 Å². The highest BCUT2D eigenvalue weighted by Gasteiger charge is 2.17. The largest absolute Gasteiger partial charge is 0.348 e. The smallest absolute Gasteiger partial charge is 0.251 e. The first kappa shape index (κ1) is 17.5. The molecule has 122 valence electrons. The fraction of sp³-hybridized carbons (Fsp3) is 0.188. The first-order valence-corrected chi connectivity index (χ1v) is 8.68. The Bertz CT molecular complexity index is 802. The highest BCUT2D eigenvalue weighted by atomic mass is 35.5. The zero-order valence-corrected chi connectivity index (χ0v) is 14.4. The number of rotatable bonds is 5. The van der Waals surface area contributed by atoms with Gasteiger partial charge in [-0.3, -0.25) is 4.79 Å². The van der Waals surface area contributed by atoms with Gasteiger partial charge in [0.15, 0.2) is 0 Å². The Labute approximate surface area is 140 Å². The second-order valence-corrected chi connectivity index (χ2v) is 7.71. The first-order chi connectivity index (χ1) is 10.8. The molecule has 1 N–H and O–H groups in total. The molecule has 0 aliphatic rings. The number of hydrogen-bond acceptors (Lipinski definition) is 3. The van der Waals surface area contributed by atoms with E-state index < -0.39 is 10.0 Å². The van der Waals surface area contributed by atoms with Crippen LogP contribution in [-0.4, -0.2) is 32.7 Å². The molecule has 0 aromatic heterocycles. The Morgan fingerprint density at radius 1 is 1.13 bits per heavy atom. The van der Waals surface area contributed by atoms with Crippen LogP contribution in [0.5, 0.6) is 0 Å². The van der Waals surface area contributed by atoms with Gasteiger partial charge in [0.25, 0.3) is 5.91 Å². The van der Waals surface area contributed by atoms with Gasteiger partial charge in [-0.2, -0.15) is 0 Å². The number of nitrogens with one attached hydrogen (secondary N) is 1. The maximum absolute atomic E-state index is 12.1. The van der Waals surface area contributed by atoms with Crippen molar-refractivity contribution in [2.45, 2.75) is 11.4 Å². The maximum Gasteiger partial charge on any atom is 0.251 e. The van der Waals surface area contributed by atoms with E-state index in [0.29, 0.717) is 17.1 Å². The summed E-state index contributed by atoms with van der Waals surface area (Å²) in [5.74, 6) is -0.279. The molecule has 0 saturated heterocycles. The Balaban J connectivity index is 2.06. The van der Waals surface area contributed by atoms with Crippen LogP contribution in [0.3, 0.4) is 0 Å². The Hall–Kier alpha value is -1.89. The summed E-state index contributed by atoms with van der Waals surface area (Å²) in [6, 6.07) is 13.0. The Morgan fingerprint density at radius 3 is 2.35 bits per heavy atom. The molecule has 0 unspecified atom stereocenters. The van der Waals surface area contributed by atoms with Crippen molar-refractivity contribution >= 4 is 27.5 Å². The lowest BCUT2D eigenvalue weighted by Gasteiger charge is -2.11. The summed E-state index contributed by atoms with van der Waals surface area (Å²) in [6.45, 7) is 0.344. The molecule has 0 atom stereocenters. The summed E-state index contributed by atoms with van der Waals surface area (Å²) < 4.78 is 25.1. The fourth-order valence-electron chi connectivity index (χ4n) is 1.92. The molecular weight excluding hydrogens is 336 g/mol. The summed E-state index contributed by atoms with van der Waals surface area (Å²) in [4.78, 5) is 12.2. The number of benzene rings is 2. The van der Waals surface area contributed by atoms with Crippen LogP contribution >= 0.6 is 11.6 Å². The van der Waals surface area contributed by atoms with E-state index in [1.807, 2.05) is 12.1 Å². The molecule has 1 amide bonds. The summed E-state index contributed by atoms with van der Waals surface area (Å²) in [7, 11) is -0.574. The summed E-state index contributed by atoms with van der Waals surface area (Å²) in [6.07, 6.45) is 0. The van der Waals surface area contributed by atoms with E-state index in [-0.39, 0.29) is 10.8 Å². The molecule has 0 spiro atoms. The average Bonchev–Trinajstić information content (AvgIpc) is 2.52. The molecule has 0 bridgehead atoms. The van der Waals surface area contributed by atoms with Crippen molar-refractivity contribution in [3.05, 3.63) is 64.7 Å². The van der Waals surface area contributed by atoms with Gasteiger partial charge in [-0.05, 0) is 42.0 Å². The zero-order chi connectivity index (χ0) is 17.0. The van der Waals surface area contributed by atoms with Gasteiger partial charge in [0.2, 0.25) is 10.0 Å². The third kappa shape index (κ3) is 4.31. The molecule has 0 heterocycles. The highest BCUT2D eigenvalue weighted by Crippen LogP contribution is 2.14. The number of nitrogens with zero attached hydrogens (tertiary/aromatic N) is 1. The lowest BCUT2D eigenvalue weighted by atomic mass is 10.2. The molecule has 2 rings (SSSR count). The van der Waals surface area contributed by atoms with Crippen LogP contribution in [0.4, 0.5) is 0 Å². The summed E-state index contributed by atoms with van der Waals surface area (Å²) in [5.41, 5.74) is 1.28. The van der Waals surface area contributed by atoms with Crippen molar-refractivity contribution in [1.82, 2.24) is 9.62 Å². The second-order valence-electron chi connectivity index (χ2n) is 5.12. The predicted octanol–water partition coefficient (Wildman–Crippen LogP) is 2.52. The average molecular weight is 353 g/mol. The van der Waals surface area contributed by atoms with Gasteiger partial charge >= 0.3 is 0 Å². The standard InChI is InChI=1S/C16H17ClN2O3S/c1-19(2)23(21,22)15-8-6-13(7-9-15)16(20)18-11-12-4-3-5-14(17)10-12/h3-10H,11H2,1-2H3,(H,18,20). The molecule has 0 saturated carbocycles. The third-order valence-corrected chi connectivity index (χ3v) is 5.30. The van der Waals surface area contributed by atoms with Crippen molar-refractivity contribution < 1.29 is 13.2 Å². The van der Waals surface area contributed by atoms with Crippen LogP contribution < -0.4 is 5.32 Å². The Kier molecular flexibility index (Phi) is 5.41. The fourth-order valence-corrected chi connectivity index (χ4v) is 3.03. The minimum absolute atomic E-state index is 0.147. The van der Waals surface area contributed by atoms with Crippen molar-refractivity contribution in [3.8, 4) is 0 Å². The van der Waals surface area contributed by atoms with Gasteiger partial charge in [0.05, 0.1) is 4.90 Å². The number of hydrogen-bond donors (Lipinski definition) is 1. The summed E-state index contributed by atoms with van der Waals surface area (Å²) >= 11 is 5.89. The highest BCUT2D eigenvalue weighted by molar-refractivity contribution is 7.89. The van der Waals surface area contributed by atoms with E-state index in [2.05, 4.69) is 5.32 Å². The number of amides is 1. The topological polar surface area (TPSA) is 66.5 Å². The van der Waals surface area contributed by atoms with Crippen molar-refractivity contribution in [2.75, 3.05) is 14.1 Å². The van der Waals surface area contributed by atoms with E-state index in [9.17, 15) is 13.2 Å². The predicted molar refractivity (Wildman–Crippen MR) is 89.9 cm³/mol. The molecule has 23 heavy (non-hydrogen) atoms. The molecule has 5 nitrogen and oxygen atoms in total. The SMILES string of the molecule is CN(C)S(=O)(=O)c1ccc(C(=O)NCc2cccc(Cl)c2)cc1. The van der Waals surface area contributed by atoms with Gasteiger partial charge in [-0.1, -0.05) is 23.7 Å². The zero-order valence-electron chi connectivity index (χ0n) is 12.8. The molecular formula is C16H17ClN2O3S. The molecule has 2 aromatic rings. The minimum Gasteiger partial charge on any atom is -0.348 e. The quantitative estimate of drug-likeness (QED) is 0.899. The number of carbonyl (C=O) groups is 1. The van der Waals surface area contributed by atoms with Crippen molar-refractivity contribution in [2.24, 2.45) is 0 Å². The number of carbonyl (C=O) groups excluding carboxylic acids is 1. The Morgan fingerprint density at radius 2 is 1.78 bits per heavy atom. The summed E-state index contributed by atoms with van der Waals surface area (Å²) in [5, 5.41) is 3.37. The first-order valence-electron chi connectivity index (χ1n) is 6.86. The van der Waals surface area contributed by atoms with E-state index in [1.54, 1.807) is 12.1 Å². The van der Waals surface area contributed by atoms with Crippen molar-refractivity contribution in [3.63, 3.8) is 0 Å². The molecule has 7 heteroatoms. The number of sulfonamides is 1. The normalized spacial score (nSPS) is 11.5. The monoisotopic (exact) mass is 352 g/mol. The minimum atomic E-state index is -3.49. The van der Waals surface area contributed by atoms with E-state index in [4.69, 9.17) is 11.6 Å². The van der Waals surface area contributed by atoms with Crippen LogP contribution in [0.2, 0.25) is 5.02 Å². The van der Waals surface area contributed by atoms with Crippen LogP contribution in [0.1, 0.15) is 15.9 Å². The van der Waals surface area contributed by atoms with Gasteiger partial charge in [-0.25, -0.2) is 12.7 Å². The second kappa shape index (κ2) is 7.12. The molecule has 0 fully saturated rings. The van der Waals surface area contributed by atoms with Crippen LogP contribution in [-0.2, 0) is 16.6 Å². The number of halogens is 1. The van der Waals surface area contributed by atoms with E-state index in [0.717, 1.165) is 9.87 Å². The third-order valence-electron chi connectivity index (χ3n) is 3.24. The molecule has 0 radical (unpaired) electrons. The van der Waals surface area contributed by atoms with Crippen molar-refractivity contribution in [1.29, 1.82) is 0 Å². The molecule has 0 aliphatic heterocycles. The van der Waals surface area contributed by atoms with Crippen LogP contribution in [0.25, 0.3) is 0 Å². The molecule has 0 aliphatic carbocycles. The van der Waals surface area contributed by atoms with E-state index >= 15 is 0 Å². The molecule has 2 aromatic carbocycles.